The number of ether oxygens (including phenoxy) is 2. The van der Waals surface area contributed by atoms with Crippen LogP contribution in [0.1, 0.15) is 36.8 Å². The molecule has 0 spiro atoms. The third-order valence-corrected chi connectivity index (χ3v) is 5.87. The molecular weight excluding hydrogens is 412 g/mol. The van der Waals surface area contributed by atoms with E-state index in [9.17, 15) is 14.4 Å². The Morgan fingerprint density at radius 3 is 2.34 bits per heavy atom. The van der Waals surface area contributed by atoms with Gasteiger partial charge in [-0.15, -0.1) is 0 Å². The van der Waals surface area contributed by atoms with Crippen LogP contribution in [0.4, 0.5) is 4.79 Å². The molecule has 3 atom stereocenters. The van der Waals surface area contributed by atoms with E-state index in [1.165, 1.54) is 0 Å². The Balaban J connectivity index is 1.35. The van der Waals surface area contributed by atoms with Gasteiger partial charge in [0.1, 0.15) is 6.61 Å². The largest absolute Gasteiger partial charge is 0.481 e. The third kappa shape index (κ3) is 4.60. The number of benzene rings is 2. The van der Waals surface area contributed by atoms with E-state index in [0.717, 1.165) is 22.3 Å². The van der Waals surface area contributed by atoms with Gasteiger partial charge in [-0.25, -0.2) is 4.79 Å². The second kappa shape index (κ2) is 9.40. The first-order chi connectivity index (χ1) is 15.4. The number of nitrogens with one attached hydrogen (secondary N) is 2. The fourth-order valence-corrected chi connectivity index (χ4v) is 4.43. The van der Waals surface area contributed by atoms with Crippen LogP contribution in [0.5, 0.6) is 0 Å². The van der Waals surface area contributed by atoms with E-state index in [2.05, 4.69) is 22.8 Å². The molecular formula is C24H26N2O6. The molecule has 0 aromatic heterocycles. The van der Waals surface area contributed by atoms with Gasteiger partial charge in [0.25, 0.3) is 5.91 Å². The minimum atomic E-state index is -1.00. The molecule has 1 heterocycles. The number of carbonyl (C=O) groups is 3. The molecule has 3 N–H and O–H groups in total. The van der Waals surface area contributed by atoms with Crippen molar-refractivity contribution >= 4 is 18.0 Å². The molecule has 1 fully saturated rings. The predicted octanol–water partition coefficient (Wildman–Crippen LogP) is 2.66. The summed E-state index contributed by atoms with van der Waals surface area (Å²) in [6.45, 7) is 2.11. The highest BCUT2D eigenvalue weighted by atomic mass is 16.6. The molecule has 0 saturated carbocycles. The number of rotatable bonds is 7. The zero-order valence-corrected chi connectivity index (χ0v) is 17.7. The Labute approximate surface area is 185 Å². The molecule has 4 rings (SSSR count). The van der Waals surface area contributed by atoms with Gasteiger partial charge < -0.3 is 25.2 Å². The smallest absolute Gasteiger partial charge is 0.407 e. The summed E-state index contributed by atoms with van der Waals surface area (Å²) in [4.78, 5) is 35.8. The molecule has 1 aliphatic carbocycles. The third-order valence-electron chi connectivity index (χ3n) is 5.87. The van der Waals surface area contributed by atoms with Crippen molar-refractivity contribution in [3.63, 3.8) is 0 Å². The van der Waals surface area contributed by atoms with E-state index in [4.69, 9.17) is 14.6 Å². The molecule has 2 aromatic rings. The van der Waals surface area contributed by atoms with E-state index in [1.807, 2.05) is 36.4 Å². The number of fused-ring (bicyclic) bond motifs is 3. The number of aliphatic carboxylic acids is 1. The zero-order valence-electron chi connectivity index (χ0n) is 17.7. The fourth-order valence-electron chi connectivity index (χ4n) is 4.43. The maximum atomic E-state index is 12.5. The lowest BCUT2D eigenvalue weighted by atomic mass is 9.98. The summed E-state index contributed by atoms with van der Waals surface area (Å²) in [5.74, 6) is -1.50. The number of carbonyl (C=O) groups excluding carboxylic acids is 2. The lowest BCUT2D eigenvalue weighted by molar-refractivity contribution is -0.138. The van der Waals surface area contributed by atoms with E-state index in [0.29, 0.717) is 13.0 Å². The highest BCUT2D eigenvalue weighted by Crippen LogP contribution is 2.44. The maximum absolute atomic E-state index is 12.5. The molecule has 2 aliphatic rings. The van der Waals surface area contributed by atoms with Crippen LogP contribution in [0, 0.1) is 0 Å². The number of amides is 2. The normalized spacial score (nSPS) is 20.2. The second-order valence-corrected chi connectivity index (χ2v) is 8.16. The van der Waals surface area contributed by atoms with E-state index >= 15 is 0 Å². The Bertz CT molecular complexity index is 978. The van der Waals surface area contributed by atoms with Gasteiger partial charge in [-0.3, -0.25) is 9.59 Å². The van der Waals surface area contributed by atoms with Gasteiger partial charge in [0.05, 0.1) is 12.5 Å². The van der Waals surface area contributed by atoms with Crippen molar-refractivity contribution in [1.29, 1.82) is 0 Å². The Morgan fingerprint density at radius 1 is 1.09 bits per heavy atom. The number of hydrogen-bond acceptors (Lipinski definition) is 5. The number of alkyl carbamates (subject to hydrolysis) is 1. The van der Waals surface area contributed by atoms with Gasteiger partial charge in [-0.1, -0.05) is 48.5 Å². The molecule has 32 heavy (non-hydrogen) atoms. The molecule has 1 aliphatic heterocycles. The lowest BCUT2D eigenvalue weighted by Gasteiger charge is -2.21. The molecule has 2 amide bonds. The highest BCUT2D eigenvalue weighted by molar-refractivity contribution is 5.84. The summed E-state index contributed by atoms with van der Waals surface area (Å²) in [6, 6.07) is 15.1. The molecule has 2 aromatic carbocycles. The van der Waals surface area contributed by atoms with Crippen LogP contribution in [0.25, 0.3) is 11.1 Å². The summed E-state index contributed by atoms with van der Waals surface area (Å²) >= 11 is 0. The van der Waals surface area contributed by atoms with Crippen molar-refractivity contribution in [2.45, 2.75) is 43.9 Å². The monoisotopic (exact) mass is 438 g/mol. The molecule has 0 bridgehead atoms. The minimum Gasteiger partial charge on any atom is -0.481 e. The SMILES string of the molecule is C[C@H](CC(=O)O)NC(=O)C1OCCC1NC(=O)OCC1c2ccccc2-c2ccccc21. The van der Waals surface area contributed by atoms with Crippen LogP contribution in [-0.2, 0) is 19.1 Å². The molecule has 2 unspecified atom stereocenters. The maximum Gasteiger partial charge on any atom is 0.407 e. The lowest BCUT2D eigenvalue weighted by Crippen LogP contribution is -2.50. The van der Waals surface area contributed by atoms with E-state index < -0.39 is 36.2 Å². The molecule has 0 radical (unpaired) electrons. The fraction of sp³-hybridized carbons (Fsp3) is 0.375. The summed E-state index contributed by atoms with van der Waals surface area (Å²) in [5, 5.41) is 14.2. The average molecular weight is 438 g/mol. The number of carboxylic acids is 1. The quantitative estimate of drug-likeness (QED) is 0.612. The molecule has 168 valence electrons. The van der Waals surface area contributed by atoms with Gasteiger partial charge >= 0.3 is 12.1 Å². The summed E-state index contributed by atoms with van der Waals surface area (Å²) in [5.41, 5.74) is 4.53. The Hall–Kier alpha value is -3.39. The van der Waals surface area contributed by atoms with Gasteiger partial charge in [-0.2, -0.15) is 0 Å². The van der Waals surface area contributed by atoms with Crippen LogP contribution in [0.3, 0.4) is 0 Å². The molecule has 8 nitrogen and oxygen atoms in total. The van der Waals surface area contributed by atoms with E-state index in [-0.39, 0.29) is 18.9 Å². The number of hydrogen-bond donors (Lipinski definition) is 3. The highest BCUT2D eigenvalue weighted by Gasteiger charge is 2.36. The first-order valence-electron chi connectivity index (χ1n) is 10.7. The van der Waals surface area contributed by atoms with Crippen LogP contribution in [0.2, 0.25) is 0 Å². The van der Waals surface area contributed by atoms with E-state index in [1.54, 1.807) is 6.92 Å². The Morgan fingerprint density at radius 2 is 1.72 bits per heavy atom. The van der Waals surface area contributed by atoms with Crippen molar-refractivity contribution in [2.24, 2.45) is 0 Å². The average Bonchev–Trinajstić information content (AvgIpc) is 3.34. The second-order valence-electron chi connectivity index (χ2n) is 8.16. The van der Waals surface area contributed by atoms with Crippen LogP contribution in [0.15, 0.2) is 48.5 Å². The van der Waals surface area contributed by atoms with Crippen molar-refractivity contribution in [2.75, 3.05) is 13.2 Å². The Kier molecular flexibility index (Phi) is 6.41. The van der Waals surface area contributed by atoms with Crippen molar-refractivity contribution in [3.05, 3.63) is 59.7 Å². The number of carboxylic acid groups (broad SMARTS) is 1. The van der Waals surface area contributed by atoms with Gasteiger partial charge in [0, 0.05) is 18.6 Å². The first-order valence-corrected chi connectivity index (χ1v) is 10.7. The van der Waals surface area contributed by atoms with Gasteiger partial charge in [-0.05, 0) is 35.6 Å². The predicted molar refractivity (Wildman–Crippen MR) is 116 cm³/mol. The summed E-state index contributed by atoms with van der Waals surface area (Å²) in [6.07, 6.45) is -1.22. The summed E-state index contributed by atoms with van der Waals surface area (Å²) in [7, 11) is 0. The molecule has 1 saturated heterocycles. The minimum absolute atomic E-state index is 0.0519. The van der Waals surface area contributed by atoms with Crippen LogP contribution < -0.4 is 10.6 Å². The van der Waals surface area contributed by atoms with Crippen LogP contribution in [-0.4, -0.2) is 54.5 Å². The van der Waals surface area contributed by atoms with Crippen LogP contribution >= 0.6 is 0 Å². The van der Waals surface area contributed by atoms with Crippen molar-refractivity contribution in [1.82, 2.24) is 10.6 Å². The summed E-state index contributed by atoms with van der Waals surface area (Å²) < 4.78 is 11.0. The first kappa shape index (κ1) is 21.8. The van der Waals surface area contributed by atoms with Crippen molar-refractivity contribution < 1.29 is 29.0 Å². The van der Waals surface area contributed by atoms with Gasteiger partial charge in [0.15, 0.2) is 6.10 Å². The topological polar surface area (TPSA) is 114 Å². The zero-order chi connectivity index (χ0) is 22.7. The van der Waals surface area contributed by atoms with Crippen molar-refractivity contribution in [3.8, 4) is 11.1 Å². The standard InChI is InChI=1S/C24H26N2O6/c1-14(12-21(27)28)25-23(29)22-20(10-11-31-22)26-24(30)32-13-19-17-8-4-2-6-15(17)16-7-3-5-9-18(16)19/h2-9,14,19-20,22H,10-13H2,1H3,(H,25,29)(H,26,30)(H,27,28)/t14-,20?,22?/m1/s1. The molecule has 8 heteroatoms. The van der Waals surface area contributed by atoms with Gasteiger partial charge in [0.2, 0.25) is 0 Å².